The van der Waals surface area contributed by atoms with Crippen LogP contribution in [0.1, 0.15) is 22.5 Å². The van der Waals surface area contributed by atoms with Crippen molar-refractivity contribution in [3.05, 3.63) is 83.2 Å². The largest absolute Gasteiger partial charge is 0.340 e. The molecule has 4 rings (SSSR count). The summed E-state index contributed by atoms with van der Waals surface area (Å²) >= 11 is 0. The molecule has 0 unspecified atom stereocenters. The number of nitrogens with zero attached hydrogens (tertiary/aromatic N) is 4. The summed E-state index contributed by atoms with van der Waals surface area (Å²) in [6.45, 7) is 8.48. The van der Waals surface area contributed by atoms with E-state index in [2.05, 4.69) is 30.9 Å². The minimum atomic E-state index is 0.222. The summed E-state index contributed by atoms with van der Waals surface area (Å²) in [5, 5.41) is 4.76. The molecule has 2 heterocycles. The van der Waals surface area contributed by atoms with Crippen molar-refractivity contribution in [3.8, 4) is 5.69 Å². The minimum Gasteiger partial charge on any atom is -0.340 e. The summed E-state index contributed by atoms with van der Waals surface area (Å²) in [5.74, 6) is 0.222. The van der Waals surface area contributed by atoms with Crippen molar-refractivity contribution in [1.82, 2.24) is 19.6 Å². The minimum absolute atomic E-state index is 0.222. The fourth-order valence-electron chi connectivity index (χ4n) is 3.99. The molecule has 0 spiro atoms. The average Bonchev–Trinajstić information content (AvgIpc) is 3.04. The number of hydrogen-bond donors (Lipinski definition) is 0. The molecule has 0 saturated carbocycles. The molecule has 5 nitrogen and oxygen atoms in total. The molecule has 3 aromatic rings. The van der Waals surface area contributed by atoms with Crippen LogP contribution in [0, 0.1) is 13.8 Å². The van der Waals surface area contributed by atoms with Crippen LogP contribution >= 0.6 is 0 Å². The van der Waals surface area contributed by atoms with E-state index in [1.54, 1.807) is 0 Å². The summed E-state index contributed by atoms with van der Waals surface area (Å²) in [4.78, 5) is 17.0. The van der Waals surface area contributed by atoms with Gasteiger partial charge in [-0.15, -0.1) is 0 Å². The maximum Gasteiger partial charge on any atom is 0.227 e. The normalized spacial score (nSPS) is 14.9. The van der Waals surface area contributed by atoms with Crippen molar-refractivity contribution in [2.24, 2.45) is 0 Å². The molecule has 0 bridgehead atoms. The van der Waals surface area contributed by atoms with Crippen LogP contribution < -0.4 is 0 Å². The SMILES string of the molecule is Cc1nn(-c2ccccc2)c(C)c1CN1CCN(C(=O)Cc2ccccc2)CC1. The molecule has 0 atom stereocenters. The number of rotatable bonds is 5. The fourth-order valence-corrected chi connectivity index (χ4v) is 3.99. The van der Waals surface area contributed by atoms with E-state index in [9.17, 15) is 4.79 Å². The lowest BCUT2D eigenvalue weighted by Gasteiger charge is -2.35. The van der Waals surface area contributed by atoms with Crippen LogP contribution in [0.4, 0.5) is 0 Å². The van der Waals surface area contributed by atoms with Gasteiger partial charge in [0.25, 0.3) is 0 Å². The Morgan fingerprint density at radius 2 is 1.52 bits per heavy atom. The predicted octanol–water partition coefficient (Wildman–Crippen LogP) is 3.38. The number of piperazine rings is 1. The zero-order chi connectivity index (χ0) is 20.2. The number of carbonyl (C=O) groups excluding carboxylic acids is 1. The van der Waals surface area contributed by atoms with Gasteiger partial charge in [0.1, 0.15) is 0 Å². The van der Waals surface area contributed by atoms with Crippen LogP contribution in [0.2, 0.25) is 0 Å². The third-order valence-corrected chi connectivity index (χ3v) is 5.75. The molecular formula is C24H28N4O. The lowest BCUT2D eigenvalue weighted by Crippen LogP contribution is -2.48. The van der Waals surface area contributed by atoms with Gasteiger partial charge in [-0.1, -0.05) is 48.5 Å². The highest BCUT2D eigenvalue weighted by molar-refractivity contribution is 5.78. The average molecular weight is 389 g/mol. The maximum atomic E-state index is 12.6. The first-order chi connectivity index (χ1) is 14.1. The van der Waals surface area contributed by atoms with Crippen LogP contribution in [0.5, 0.6) is 0 Å². The van der Waals surface area contributed by atoms with Gasteiger partial charge in [-0.3, -0.25) is 9.69 Å². The molecule has 0 N–H and O–H groups in total. The van der Waals surface area contributed by atoms with Gasteiger partial charge in [0.15, 0.2) is 0 Å². The molecule has 5 heteroatoms. The van der Waals surface area contributed by atoms with Gasteiger partial charge >= 0.3 is 0 Å². The first kappa shape index (κ1) is 19.4. The van der Waals surface area contributed by atoms with E-state index in [1.165, 1.54) is 11.3 Å². The van der Waals surface area contributed by atoms with Gasteiger partial charge in [0, 0.05) is 44.0 Å². The number of benzene rings is 2. The number of aryl methyl sites for hydroxylation is 1. The molecule has 1 aliphatic heterocycles. The van der Waals surface area contributed by atoms with Crippen LogP contribution in [0.3, 0.4) is 0 Å². The molecular weight excluding hydrogens is 360 g/mol. The molecule has 1 fully saturated rings. The van der Waals surface area contributed by atoms with E-state index in [4.69, 9.17) is 5.10 Å². The molecule has 1 aromatic heterocycles. The molecule has 150 valence electrons. The van der Waals surface area contributed by atoms with Crippen LogP contribution in [-0.4, -0.2) is 51.7 Å². The number of carbonyl (C=O) groups is 1. The van der Waals surface area contributed by atoms with E-state index in [1.807, 2.05) is 58.1 Å². The summed E-state index contributed by atoms with van der Waals surface area (Å²) in [6.07, 6.45) is 0.489. The molecule has 2 aromatic carbocycles. The predicted molar refractivity (Wildman–Crippen MR) is 115 cm³/mol. The van der Waals surface area contributed by atoms with Gasteiger partial charge in [0.05, 0.1) is 17.8 Å². The Morgan fingerprint density at radius 3 is 2.17 bits per heavy atom. The van der Waals surface area contributed by atoms with E-state index >= 15 is 0 Å². The Kier molecular flexibility index (Phi) is 5.76. The molecule has 1 aliphatic rings. The Labute approximate surface area is 172 Å². The van der Waals surface area contributed by atoms with Crippen LogP contribution in [0.15, 0.2) is 60.7 Å². The Hall–Kier alpha value is -2.92. The van der Waals surface area contributed by atoms with Crippen LogP contribution in [0.25, 0.3) is 5.69 Å². The van der Waals surface area contributed by atoms with E-state index in [0.29, 0.717) is 6.42 Å². The van der Waals surface area contributed by atoms with E-state index in [-0.39, 0.29) is 5.91 Å². The third-order valence-electron chi connectivity index (χ3n) is 5.75. The Morgan fingerprint density at radius 1 is 0.897 bits per heavy atom. The number of para-hydroxylation sites is 1. The van der Waals surface area contributed by atoms with Crippen molar-refractivity contribution in [3.63, 3.8) is 0 Å². The van der Waals surface area contributed by atoms with Crippen molar-refractivity contribution < 1.29 is 4.79 Å². The lowest BCUT2D eigenvalue weighted by atomic mass is 10.1. The summed E-state index contributed by atoms with van der Waals surface area (Å²) in [6, 6.07) is 20.3. The summed E-state index contributed by atoms with van der Waals surface area (Å²) < 4.78 is 2.03. The maximum absolute atomic E-state index is 12.6. The van der Waals surface area contributed by atoms with E-state index in [0.717, 1.165) is 49.7 Å². The number of aromatic nitrogens is 2. The van der Waals surface area contributed by atoms with Gasteiger partial charge in [-0.25, -0.2) is 4.68 Å². The monoisotopic (exact) mass is 388 g/mol. The molecule has 1 amide bonds. The standard InChI is InChI=1S/C24H28N4O/c1-19-23(20(2)28(25-19)22-11-7-4-8-12-22)18-26-13-15-27(16-14-26)24(29)17-21-9-5-3-6-10-21/h3-12H,13-18H2,1-2H3. The topological polar surface area (TPSA) is 41.4 Å². The highest BCUT2D eigenvalue weighted by Crippen LogP contribution is 2.20. The second-order valence-corrected chi connectivity index (χ2v) is 7.72. The first-order valence-corrected chi connectivity index (χ1v) is 10.3. The van der Waals surface area contributed by atoms with Gasteiger partial charge in [0.2, 0.25) is 5.91 Å². The van der Waals surface area contributed by atoms with E-state index < -0.39 is 0 Å². The van der Waals surface area contributed by atoms with Crippen molar-refractivity contribution in [2.75, 3.05) is 26.2 Å². The Balaban J connectivity index is 1.36. The van der Waals surface area contributed by atoms with Gasteiger partial charge in [-0.2, -0.15) is 5.10 Å². The third kappa shape index (κ3) is 4.40. The molecule has 0 radical (unpaired) electrons. The fraction of sp³-hybridized carbons (Fsp3) is 0.333. The highest BCUT2D eigenvalue weighted by Gasteiger charge is 2.23. The quantitative estimate of drug-likeness (QED) is 0.673. The lowest BCUT2D eigenvalue weighted by molar-refractivity contribution is -0.132. The summed E-state index contributed by atoms with van der Waals surface area (Å²) in [7, 11) is 0. The molecule has 29 heavy (non-hydrogen) atoms. The zero-order valence-corrected chi connectivity index (χ0v) is 17.2. The van der Waals surface area contributed by atoms with Gasteiger partial charge in [-0.05, 0) is 31.5 Å². The molecule has 0 aliphatic carbocycles. The van der Waals surface area contributed by atoms with Crippen LogP contribution in [-0.2, 0) is 17.8 Å². The number of hydrogen-bond acceptors (Lipinski definition) is 3. The van der Waals surface area contributed by atoms with Crippen molar-refractivity contribution in [1.29, 1.82) is 0 Å². The summed E-state index contributed by atoms with van der Waals surface area (Å²) in [5.41, 5.74) is 5.73. The second kappa shape index (κ2) is 8.62. The number of amides is 1. The molecule has 1 saturated heterocycles. The van der Waals surface area contributed by atoms with Crippen molar-refractivity contribution in [2.45, 2.75) is 26.8 Å². The highest BCUT2D eigenvalue weighted by atomic mass is 16.2. The van der Waals surface area contributed by atoms with Gasteiger partial charge < -0.3 is 4.90 Å². The van der Waals surface area contributed by atoms with Crippen molar-refractivity contribution >= 4 is 5.91 Å². The smallest absolute Gasteiger partial charge is 0.227 e. The Bertz CT molecular complexity index is 957. The second-order valence-electron chi connectivity index (χ2n) is 7.72. The first-order valence-electron chi connectivity index (χ1n) is 10.3. The zero-order valence-electron chi connectivity index (χ0n) is 17.2.